The Morgan fingerprint density at radius 3 is 3.00 bits per heavy atom. The molecule has 0 saturated heterocycles. The van der Waals surface area contributed by atoms with Gasteiger partial charge in [-0.25, -0.2) is 4.98 Å². The summed E-state index contributed by atoms with van der Waals surface area (Å²) in [7, 11) is 2.16. The van der Waals surface area contributed by atoms with Gasteiger partial charge in [0.05, 0.1) is 12.0 Å². The number of nitrogens with one attached hydrogen (secondary N) is 1. The van der Waals surface area contributed by atoms with Crippen LogP contribution in [-0.4, -0.2) is 29.7 Å². The fraction of sp³-hybridized carbons (Fsp3) is 0.438. The summed E-state index contributed by atoms with van der Waals surface area (Å²) in [6, 6.07) is 10.6. The first-order chi connectivity index (χ1) is 9.84. The van der Waals surface area contributed by atoms with Gasteiger partial charge in [-0.3, -0.25) is 0 Å². The Hall–Kier alpha value is -1.81. The highest BCUT2D eigenvalue weighted by atomic mass is 15.1. The summed E-state index contributed by atoms with van der Waals surface area (Å²) in [4.78, 5) is 6.81. The maximum Gasteiger partial charge on any atom is 0.0952 e. The molecule has 0 fully saturated rings. The lowest BCUT2D eigenvalue weighted by atomic mass is 10.2. The Balaban J connectivity index is 1.54. The van der Waals surface area contributed by atoms with E-state index in [2.05, 4.69) is 57.1 Å². The minimum Gasteiger partial charge on any atom is -0.375 e. The van der Waals surface area contributed by atoms with E-state index in [9.17, 15) is 0 Å². The predicted octanol–water partition coefficient (Wildman–Crippen LogP) is 2.06. The molecule has 1 aliphatic heterocycles. The smallest absolute Gasteiger partial charge is 0.0952 e. The number of aryl methyl sites for hydroxylation is 1. The van der Waals surface area contributed by atoms with Gasteiger partial charge in [-0.15, -0.1) is 0 Å². The van der Waals surface area contributed by atoms with Gasteiger partial charge in [0.2, 0.25) is 0 Å². The molecule has 4 heteroatoms. The van der Waals surface area contributed by atoms with Crippen molar-refractivity contribution < 1.29 is 0 Å². The van der Waals surface area contributed by atoms with E-state index in [4.69, 9.17) is 0 Å². The van der Waals surface area contributed by atoms with Crippen LogP contribution >= 0.6 is 0 Å². The van der Waals surface area contributed by atoms with Gasteiger partial charge in [0.25, 0.3) is 0 Å². The second kappa shape index (κ2) is 6.09. The lowest BCUT2D eigenvalue weighted by Gasteiger charge is -2.20. The molecule has 3 rings (SSSR count). The van der Waals surface area contributed by atoms with Gasteiger partial charge in [-0.1, -0.05) is 18.2 Å². The Kier molecular flexibility index (Phi) is 4.02. The van der Waals surface area contributed by atoms with Gasteiger partial charge in [0.1, 0.15) is 0 Å². The Morgan fingerprint density at radius 2 is 2.15 bits per heavy atom. The molecular weight excluding hydrogens is 248 g/mol. The highest BCUT2D eigenvalue weighted by Crippen LogP contribution is 2.14. The minimum absolute atomic E-state index is 0.923. The third-order valence-corrected chi connectivity index (χ3v) is 3.95. The van der Waals surface area contributed by atoms with E-state index in [1.165, 1.54) is 17.1 Å². The molecule has 0 spiro atoms. The number of rotatable bonds is 5. The van der Waals surface area contributed by atoms with Gasteiger partial charge < -0.3 is 14.8 Å². The molecule has 1 aromatic heterocycles. The van der Waals surface area contributed by atoms with Crippen molar-refractivity contribution >= 4 is 5.69 Å². The normalized spacial score (nSPS) is 14.1. The standard InChI is InChI=1S/C16H22N4/c1-19(14-6-3-2-4-7-14)10-5-11-20-13-18-15-12-17-9-8-16(15)20/h2-4,6-7,13,17H,5,8-12H2,1H3. The summed E-state index contributed by atoms with van der Waals surface area (Å²) in [5.74, 6) is 0. The number of nitrogens with zero attached hydrogens (tertiary/aromatic N) is 3. The van der Waals surface area contributed by atoms with Crippen molar-refractivity contribution in [2.45, 2.75) is 25.9 Å². The molecule has 1 aromatic carbocycles. The molecule has 0 atom stereocenters. The minimum atomic E-state index is 0.923. The summed E-state index contributed by atoms with van der Waals surface area (Å²) in [5.41, 5.74) is 3.93. The van der Waals surface area contributed by atoms with Crippen LogP contribution in [0.5, 0.6) is 0 Å². The average Bonchev–Trinajstić information content (AvgIpc) is 2.92. The van der Waals surface area contributed by atoms with Crippen LogP contribution in [0.2, 0.25) is 0 Å². The molecule has 0 amide bonds. The summed E-state index contributed by atoms with van der Waals surface area (Å²) in [5, 5.41) is 3.37. The number of fused-ring (bicyclic) bond motifs is 1. The highest BCUT2D eigenvalue weighted by molar-refractivity contribution is 5.44. The summed E-state index contributed by atoms with van der Waals surface area (Å²) in [6.45, 7) is 4.11. The van der Waals surface area contributed by atoms with Crippen molar-refractivity contribution in [1.29, 1.82) is 0 Å². The number of para-hydroxylation sites is 1. The topological polar surface area (TPSA) is 33.1 Å². The van der Waals surface area contributed by atoms with E-state index in [1.807, 2.05) is 6.33 Å². The van der Waals surface area contributed by atoms with Gasteiger partial charge >= 0.3 is 0 Å². The first kappa shape index (κ1) is 13.2. The molecule has 2 heterocycles. The van der Waals surface area contributed by atoms with Crippen LogP contribution in [0, 0.1) is 0 Å². The predicted molar refractivity (Wildman–Crippen MR) is 82.0 cm³/mol. The fourth-order valence-corrected chi connectivity index (χ4v) is 2.78. The molecule has 4 nitrogen and oxygen atoms in total. The number of anilines is 1. The van der Waals surface area contributed by atoms with Gasteiger partial charge in [-0.2, -0.15) is 0 Å². The SMILES string of the molecule is CN(CCCn1cnc2c1CCNC2)c1ccccc1. The monoisotopic (exact) mass is 270 g/mol. The number of benzene rings is 1. The quantitative estimate of drug-likeness (QED) is 0.903. The van der Waals surface area contributed by atoms with Gasteiger partial charge in [0.15, 0.2) is 0 Å². The molecule has 2 aromatic rings. The zero-order valence-electron chi connectivity index (χ0n) is 12.0. The Morgan fingerprint density at radius 1 is 1.30 bits per heavy atom. The fourth-order valence-electron chi connectivity index (χ4n) is 2.78. The van der Waals surface area contributed by atoms with E-state index in [-0.39, 0.29) is 0 Å². The summed E-state index contributed by atoms with van der Waals surface area (Å²) >= 11 is 0. The average molecular weight is 270 g/mol. The number of hydrogen-bond acceptors (Lipinski definition) is 3. The van der Waals surface area contributed by atoms with Crippen LogP contribution in [0.1, 0.15) is 17.8 Å². The maximum absolute atomic E-state index is 4.50. The third kappa shape index (κ3) is 2.85. The van der Waals surface area contributed by atoms with E-state index < -0.39 is 0 Å². The van der Waals surface area contributed by atoms with Crippen LogP contribution in [0.15, 0.2) is 36.7 Å². The molecule has 0 bridgehead atoms. The molecule has 0 saturated carbocycles. The van der Waals surface area contributed by atoms with Gasteiger partial charge in [0, 0.05) is 51.0 Å². The van der Waals surface area contributed by atoms with Crippen LogP contribution < -0.4 is 10.2 Å². The second-order valence-corrected chi connectivity index (χ2v) is 5.37. The largest absolute Gasteiger partial charge is 0.375 e. The first-order valence-electron chi connectivity index (χ1n) is 7.34. The van der Waals surface area contributed by atoms with Crippen LogP contribution in [-0.2, 0) is 19.5 Å². The van der Waals surface area contributed by atoms with Gasteiger partial charge in [-0.05, 0) is 18.6 Å². The molecule has 0 radical (unpaired) electrons. The molecule has 1 N–H and O–H groups in total. The van der Waals surface area contributed by atoms with Crippen molar-refractivity contribution in [3.8, 4) is 0 Å². The van der Waals surface area contributed by atoms with Crippen molar-refractivity contribution in [3.05, 3.63) is 48.0 Å². The lowest BCUT2D eigenvalue weighted by Crippen LogP contribution is -2.25. The van der Waals surface area contributed by atoms with E-state index >= 15 is 0 Å². The molecule has 0 aliphatic carbocycles. The number of imidazole rings is 1. The van der Waals surface area contributed by atoms with Crippen molar-refractivity contribution in [3.63, 3.8) is 0 Å². The zero-order chi connectivity index (χ0) is 13.8. The molecule has 106 valence electrons. The second-order valence-electron chi connectivity index (χ2n) is 5.37. The molecule has 1 aliphatic rings. The van der Waals surface area contributed by atoms with Crippen LogP contribution in [0.25, 0.3) is 0 Å². The number of hydrogen-bond donors (Lipinski definition) is 1. The molecule has 0 unspecified atom stereocenters. The molecule has 20 heavy (non-hydrogen) atoms. The Bertz CT molecular complexity index is 547. The van der Waals surface area contributed by atoms with Crippen LogP contribution in [0.4, 0.5) is 5.69 Å². The summed E-state index contributed by atoms with van der Waals surface area (Å²) < 4.78 is 2.33. The zero-order valence-corrected chi connectivity index (χ0v) is 12.0. The first-order valence-corrected chi connectivity index (χ1v) is 7.34. The van der Waals surface area contributed by atoms with Crippen molar-refractivity contribution in [2.75, 3.05) is 25.0 Å². The van der Waals surface area contributed by atoms with Crippen LogP contribution in [0.3, 0.4) is 0 Å². The lowest BCUT2D eigenvalue weighted by molar-refractivity contribution is 0.570. The highest BCUT2D eigenvalue weighted by Gasteiger charge is 2.14. The summed E-state index contributed by atoms with van der Waals surface area (Å²) in [6.07, 6.45) is 4.24. The Labute approximate surface area is 120 Å². The van der Waals surface area contributed by atoms with E-state index in [1.54, 1.807) is 0 Å². The van der Waals surface area contributed by atoms with E-state index in [0.717, 1.165) is 39.0 Å². The molecular formula is C16H22N4. The number of aromatic nitrogens is 2. The van der Waals surface area contributed by atoms with Crippen molar-refractivity contribution in [2.24, 2.45) is 0 Å². The third-order valence-electron chi connectivity index (χ3n) is 3.95. The maximum atomic E-state index is 4.50. The van der Waals surface area contributed by atoms with E-state index in [0.29, 0.717) is 0 Å². The van der Waals surface area contributed by atoms with Crippen molar-refractivity contribution in [1.82, 2.24) is 14.9 Å².